The van der Waals surface area contributed by atoms with Crippen LogP contribution in [0.3, 0.4) is 0 Å². The standard InChI is InChI=1S/C11H11ClFN5O/c1-19-9-10(15-5-16-11(9)18-14)17-8-4-6(12)2-3-7(8)13/h2-5H,14H2,1H3,(H2,15,16,17,18). The molecule has 6 nitrogen and oxygen atoms in total. The molecule has 0 bridgehead atoms. The van der Waals surface area contributed by atoms with Gasteiger partial charge in [-0.2, -0.15) is 0 Å². The zero-order valence-corrected chi connectivity index (χ0v) is 10.7. The monoisotopic (exact) mass is 283 g/mol. The highest BCUT2D eigenvalue weighted by molar-refractivity contribution is 6.30. The van der Waals surface area contributed by atoms with E-state index in [1.165, 1.54) is 31.6 Å². The molecule has 0 aliphatic carbocycles. The Balaban J connectivity index is 2.40. The van der Waals surface area contributed by atoms with Crippen molar-refractivity contribution in [1.82, 2.24) is 9.97 Å². The van der Waals surface area contributed by atoms with E-state index in [-0.39, 0.29) is 23.1 Å². The summed E-state index contributed by atoms with van der Waals surface area (Å²) in [7, 11) is 1.43. The van der Waals surface area contributed by atoms with Gasteiger partial charge < -0.3 is 15.5 Å². The summed E-state index contributed by atoms with van der Waals surface area (Å²) >= 11 is 5.81. The summed E-state index contributed by atoms with van der Waals surface area (Å²) in [5, 5.41) is 3.17. The molecule has 1 heterocycles. The predicted octanol–water partition coefficient (Wildman–Crippen LogP) is 2.31. The van der Waals surface area contributed by atoms with E-state index in [0.717, 1.165) is 0 Å². The molecule has 1 aromatic heterocycles. The Labute approximate surface area is 113 Å². The number of anilines is 3. The van der Waals surface area contributed by atoms with Crippen LogP contribution in [-0.4, -0.2) is 17.1 Å². The van der Waals surface area contributed by atoms with Crippen molar-refractivity contribution in [2.45, 2.75) is 0 Å². The number of rotatable bonds is 4. The molecule has 0 saturated heterocycles. The zero-order chi connectivity index (χ0) is 13.8. The third-order valence-electron chi connectivity index (χ3n) is 2.33. The largest absolute Gasteiger partial charge is 0.490 e. The van der Waals surface area contributed by atoms with Gasteiger partial charge in [0.1, 0.15) is 12.1 Å². The maximum absolute atomic E-state index is 13.6. The Kier molecular flexibility index (Phi) is 3.98. The van der Waals surface area contributed by atoms with Crippen LogP contribution < -0.4 is 21.3 Å². The Morgan fingerprint density at radius 1 is 1.32 bits per heavy atom. The average Bonchev–Trinajstić information content (AvgIpc) is 2.42. The highest BCUT2D eigenvalue weighted by Crippen LogP contribution is 2.32. The van der Waals surface area contributed by atoms with E-state index < -0.39 is 5.82 Å². The minimum Gasteiger partial charge on any atom is -0.490 e. The van der Waals surface area contributed by atoms with Gasteiger partial charge in [0, 0.05) is 5.02 Å². The number of hydrazine groups is 1. The van der Waals surface area contributed by atoms with Crippen molar-refractivity contribution < 1.29 is 9.13 Å². The lowest BCUT2D eigenvalue weighted by atomic mass is 10.3. The van der Waals surface area contributed by atoms with Crippen molar-refractivity contribution in [2.24, 2.45) is 5.84 Å². The van der Waals surface area contributed by atoms with Crippen LogP contribution in [0.1, 0.15) is 0 Å². The average molecular weight is 284 g/mol. The molecule has 2 rings (SSSR count). The molecule has 0 radical (unpaired) electrons. The quantitative estimate of drug-likeness (QED) is 0.590. The minimum absolute atomic E-state index is 0.174. The number of halogens is 2. The lowest BCUT2D eigenvalue weighted by molar-refractivity contribution is 0.415. The SMILES string of the molecule is COc1c(NN)ncnc1Nc1cc(Cl)ccc1F. The van der Waals surface area contributed by atoms with E-state index >= 15 is 0 Å². The number of benzene rings is 1. The van der Waals surface area contributed by atoms with Gasteiger partial charge in [-0.3, -0.25) is 0 Å². The summed E-state index contributed by atoms with van der Waals surface area (Å²) in [6.45, 7) is 0. The molecule has 2 aromatic rings. The van der Waals surface area contributed by atoms with Gasteiger partial charge in [0.05, 0.1) is 12.8 Å². The number of nitrogens with two attached hydrogens (primary N) is 1. The molecule has 0 aliphatic rings. The van der Waals surface area contributed by atoms with Crippen LogP contribution in [0.15, 0.2) is 24.5 Å². The van der Waals surface area contributed by atoms with Gasteiger partial charge >= 0.3 is 0 Å². The summed E-state index contributed by atoms with van der Waals surface area (Å²) in [4.78, 5) is 7.85. The van der Waals surface area contributed by atoms with E-state index in [1.807, 2.05) is 0 Å². The maximum atomic E-state index is 13.6. The molecule has 19 heavy (non-hydrogen) atoms. The van der Waals surface area contributed by atoms with Crippen LogP contribution in [0.2, 0.25) is 5.02 Å². The lowest BCUT2D eigenvalue weighted by Crippen LogP contribution is -2.11. The van der Waals surface area contributed by atoms with Crippen molar-refractivity contribution >= 4 is 28.9 Å². The Morgan fingerprint density at radius 3 is 2.74 bits per heavy atom. The maximum Gasteiger partial charge on any atom is 0.205 e. The topological polar surface area (TPSA) is 85.1 Å². The first-order chi connectivity index (χ1) is 9.15. The van der Waals surface area contributed by atoms with Gasteiger partial charge in [-0.25, -0.2) is 20.2 Å². The van der Waals surface area contributed by atoms with Crippen molar-refractivity contribution in [3.05, 3.63) is 35.4 Å². The number of nitrogens with one attached hydrogen (secondary N) is 2. The smallest absolute Gasteiger partial charge is 0.205 e. The molecular formula is C11H11ClFN5O. The summed E-state index contributed by atoms with van der Waals surface area (Å²) in [5.41, 5.74) is 2.54. The van der Waals surface area contributed by atoms with Gasteiger partial charge in [-0.05, 0) is 18.2 Å². The van der Waals surface area contributed by atoms with Crippen LogP contribution in [-0.2, 0) is 0 Å². The second-order valence-electron chi connectivity index (χ2n) is 3.50. The van der Waals surface area contributed by atoms with Gasteiger partial charge in [0.25, 0.3) is 0 Å². The number of hydrogen-bond donors (Lipinski definition) is 3. The number of aromatic nitrogens is 2. The van der Waals surface area contributed by atoms with Crippen molar-refractivity contribution in [3.63, 3.8) is 0 Å². The van der Waals surface area contributed by atoms with Crippen LogP contribution in [0.25, 0.3) is 0 Å². The summed E-state index contributed by atoms with van der Waals surface area (Å²) < 4.78 is 18.8. The summed E-state index contributed by atoms with van der Waals surface area (Å²) in [5.74, 6) is 5.65. The Bertz CT molecular complexity index is 595. The van der Waals surface area contributed by atoms with Gasteiger partial charge in [0.2, 0.25) is 5.75 Å². The molecule has 0 saturated carbocycles. The summed E-state index contributed by atoms with van der Waals surface area (Å²) in [6, 6.07) is 4.14. The molecule has 0 fully saturated rings. The molecular weight excluding hydrogens is 273 g/mol. The minimum atomic E-state index is -0.465. The Morgan fingerprint density at radius 2 is 2.05 bits per heavy atom. The third kappa shape index (κ3) is 2.83. The molecule has 0 unspecified atom stereocenters. The molecule has 0 amide bonds. The normalized spacial score (nSPS) is 10.1. The lowest BCUT2D eigenvalue weighted by Gasteiger charge is -2.13. The van der Waals surface area contributed by atoms with Crippen LogP contribution in [0, 0.1) is 5.82 Å². The molecule has 1 aromatic carbocycles. The van der Waals surface area contributed by atoms with E-state index in [2.05, 4.69) is 20.7 Å². The van der Waals surface area contributed by atoms with E-state index in [9.17, 15) is 4.39 Å². The molecule has 0 atom stereocenters. The fourth-order valence-corrected chi connectivity index (χ4v) is 1.65. The first-order valence-corrected chi connectivity index (χ1v) is 5.61. The fourth-order valence-electron chi connectivity index (χ4n) is 1.48. The van der Waals surface area contributed by atoms with Gasteiger partial charge in [0.15, 0.2) is 11.6 Å². The molecule has 0 spiro atoms. The van der Waals surface area contributed by atoms with Crippen LogP contribution in [0.4, 0.5) is 21.7 Å². The first-order valence-electron chi connectivity index (χ1n) is 5.23. The van der Waals surface area contributed by atoms with Crippen LogP contribution >= 0.6 is 11.6 Å². The van der Waals surface area contributed by atoms with E-state index in [1.54, 1.807) is 0 Å². The number of hydrogen-bond acceptors (Lipinski definition) is 6. The highest BCUT2D eigenvalue weighted by Gasteiger charge is 2.13. The highest BCUT2D eigenvalue weighted by atomic mass is 35.5. The van der Waals surface area contributed by atoms with Crippen molar-refractivity contribution in [2.75, 3.05) is 17.9 Å². The zero-order valence-electron chi connectivity index (χ0n) is 9.95. The number of nitrogen functional groups attached to an aromatic ring is 1. The molecule has 4 N–H and O–H groups in total. The van der Waals surface area contributed by atoms with E-state index in [0.29, 0.717) is 5.02 Å². The van der Waals surface area contributed by atoms with Gasteiger partial charge in [-0.15, -0.1) is 0 Å². The predicted molar refractivity (Wildman–Crippen MR) is 71.1 cm³/mol. The second-order valence-corrected chi connectivity index (χ2v) is 3.93. The molecule has 100 valence electrons. The van der Waals surface area contributed by atoms with E-state index in [4.69, 9.17) is 22.2 Å². The Hall–Kier alpha value is -2.12. The third-order valence-corrected chi connectivity index (χ3v) is 2.56. The van der Waals surface area contributed by atoms with Gasteiger partial charge in [-0.1, -0.05) is 11.6 Å². The molecule has 8 heteroatoms. The number of methoxy groups -OCH3 is 1. The number of ether oxygens (including phenoxy) is 1. The van der Waals surface area contributed by atoms with Crippen molar-refractivity contribution in [1.29, 1.82) is 0 Å². The van der Waals surface area contributed by atoms with Crippen LogP contribution in [0.5, 0.6) is 5.75 Å². The second kappa shape index (κ2) is 5.68. The first kappa shape index (κ1) is 13.3. The summed E-state index contributed by atoms with van der Waals surface area (Å²) in [6.07, 6.45) is 1.27. The fraction of sp³-hybridized carbons (Fsp3) is 0.0909. The van der Waals surface area contributed by atoms with Crippen molar-refractivity contribution in [3.8, 4) is 5.75 Å². The molecule has 0 aliphatic heterocycles. The number of nitrogens with zero attached hydrogens (tertiary/aromatic N) is 2.